The van der Waals surface area contributed by atoms with Crippen LogP contribution in [-0.2, 0) is 11.3 Å². The summed E-state index contributed by atoms with van der Waals surface area (Å²) in [5, 5.41) is 10.1. The topological polar surface area (TPSA) is 91.0 Å². The molecule has 154 valence electrons. The number of pyridine rings is 1. The summed E-state index contributed by atoms with van der Waals surface area (Å²) in [6, 6.07) is 13.5. The molecule has 7 nitrogen and oxygen atoms in total. The van der Waals surface area contributed by atoms with Crippen LogP contribution in [0.2, 0.25) is 0 Å². The van der Waals surface area contributed by atoms with Crippen molar-refractivity contribution in [3.8, 4) is 11.3 Å². The first-order valence-corrected chi connectivity index (χ1v) is 10.2. The van der Waals surface area contributed by atoms with Gasteiger partial charge < -0.3 is 10.2 Å². The van der Waals surface area contributed by atoms with E-state index in [9.17, 15) is 9.59 Å². The van der Waals surface area contributed by atoms with Gasteiger partial charge in [0.2, 0.25) is 5.91 Å². The number of H-pyrrole nitrogens is 1. The van der Waals surface area contributed by atoms with Gasteiger partial charge in [-0.25, -0.2) is 0 Å². The minimum Gasteiger partial charge on any atom is -0.352 e. The maximum absolute atomic E-state index is 12.9. The maximum atomic E-state index is 12.9. The molecule has 0 bridgehead atoms. The molecule has 30 heavy (non-hydrogen) atoms. The van der Waals surface area contributed by atoms with E-state index in [-0.39, 0.29) is 17.7 Å². The number of aryl methyl sites for hydroxylation is 1. The summed E-state index contributed by atoms with van der Waals surface area (Å²) in [6.45, 7) is 3.60. The molecule has 0 aliphatic carbocycles. The van der Waals surface area contributed by atoms with E-state index in [0.717, 1.165) is 24.0 Å². The van der Waals surface area contributed by atoms with Gasteiger partial charge in [-0.15, -0.1) is 0 Å². The summed E-state index contributed by atoms with van der Waals surface area (Å²) < 4.78 is 0. The van der Waals surface area contributed by atoms with Gasteiger partial charge in [0.05, 0.1) is 11.6 Å². The Balaban J connectivity index is 1.36. The lowest BCUT2D eigenvalue weighted by molar-refractivity contribution is -0.126. The summed E-state index contributed by atoms with van der Waals surface area (Å²) in [6.07, 6.45) is 4.97. The van der Waals surface area contributed by atoms with Crippen molar-refractivity contribution in [2.75, 3.05) is 13.1 Å². The Kier molecular flexibility index (Phi) is 5.88. The molecule has 1 atom stereocenters. The number of aromatic amines is 1. The van der Waals surface area contributed by atoms with E-state index in [4.69, 9.17) is 0 Å². The van der Waals surface area contributed by atoms with Crippen molar-refractivity contribution < 1.29 is 9.59 Å². The van der Waals surface area contributed by atoms with E-state index in [2.05, 4.69) is 20.5 Å². The van der Waals surface area contributed by atoms with Crippen molar-refractivity contribution >= 4 is 11.8 Å². The molecule has 4 rings (SSSR count). The van der Waals surface area contributed by atoms with Crippen LogP contribution in [0.25, 0.3) is 11.3 Å². The van der Waals surface area contributed by atoms with Crippen LogP contribution < -0.4 is 5.32 Å². The zero-order valence-corrected chi connectivity index (χ0v) is 17.0. The molecule has 1 saturated heterocycles. The number of amides is 2. The van der Waals surface area contributed by atoms with Gasteiger partial charge in [0, 0.05) is 37.6 Å². The standard InChI is InChI=1S/C23H25N5O2/c1-16-4-6-17(7-5-16)14-25-22(29)19-3-2-12-28(15-19)23(30)21-13-20(26-27-21)18-8-10-24-11-9-18/h4-11,13,19H,2-3,12,14-15H2,1H3,(H,25,29)(H,26,27). The third kappa shape index (κ3) is 4.56. The molecule has 3 aromatic rings. The minimum absolute atomic E-state index is 0.00448. The van der Waals surface area contributed by atoms with Crippen LogP contribution in [0, 0.1) is 12.8 Å². The fourth-order valence-electron chi connectivity index (χ4n) is 3.69. The Labute approximate surface area is 175 Å². The second kappa shape index (κ2) is 8.90. The number of nitrogens with zero attached hydrogens (tertiary/aromatic N) is 3. The average Bonchev–Trinajstić information content (AvgIpc) is 3.29. The van der Waals surface area contributed by atoms with Gasteiger partial charge >= 0.3 is 0 Å². The highest BCUT2D eigenvalue weighted by Crippen LogP contribution is 2.21. The van der Waals surface area contributed by atoms with E-state index < -0.39 is 0 Å². The lowest BCUT2D eigenvalue weighted by atomic mass is 9.96. The molecule has 7 heteroatoms. The zero-order chi connectivity index (χ0) is 20.9. The molecule has 1 aliphatic heterocycles. The largest absolute Gasteiger partial charge is 0.352 e. The third-order valence-corrected chi connectivity index (χ3v) is 5.45. The van der Waals surface area contributed by atoms with Crippen molar-refractivity contribution in [1.29, 1.82) is 0 Å². The van der Waals surface area contributed by atoms with E-state index in [0.29, 0.717) is 31.0 Å². The predicted octanol–water partition coefficient (Wildman–Crippen LogP) is 2.95. The first-order valence-electron chi connectivity index (χ1n) is 10.2. The van der Waals surface area contributed by atoms with E-state index in [1.54, 1.807) is 23.4 Å². The second-order valence-electron chi connectivity index (χ2n) is 7.70. The SMILES string of the molecule is Cc1ccc(CNC(=O)C2CCCN(C(=O)c3cc(-c4ccncc4)n[nH]3)C2)cc1. The van der Waals surface area contributed by atoms with Gasteiger partial charge in [0.15, 0.2) is 0 Å². The molecule has 0 saturated carbocycles. The van der Waals surface area contributed by atoms with Crippen LogP contribution in [0.15, 0.2) is 54.9 Å². The lowest BCUT2D eigenvalue weighted by Crippen LogP contribution is -2.45. The van der Waals surface area contributed by atoms with Gasteiger partial charge in [0.25, 0.3) is 5.91 Å². The lowest BCUT2D eigenvalue weighted by Gasteiger charge is -2.31. The number of carbonyl (C=O) groups excluding carboxylic acids is 2. The fourth-order valence-corrected chi connectivity index (χ4v) is 3.69. The smallest absolute Gasteiger partial charge is 0.271 e. The fraction of sp³-hybridized carbons (Fsp3) is 0.304. The van der Waals surface area contributed by atoms with Gasteiger partial charge in [-0.05, 0) is 43.5 Å². The highest BCUT2D eigenvalue weighted by atomic mass is 16.2. The van der Waals surface area contributed by atoms with Crippen molar-refractivity contribution in [2.45, 2.75) is 26.3 Å². The van der Waals surface area contributed by atoms with Crippen molar-refractivity contribution in [1.82, 2.24) is 25.4 Å². The second-order valence-corrected chi connectivity index (χ2v) is 7.70. The van der Waals surface area contributed by atoms with Crippen LogP contribution in [-0.4, -0.2) is 45.0 Å². The van der Waals surface area contributed by atoms with Gasteiger partial charge in [-0.3, -0.25) is 19.7 Å². The Morgan fingerprint density at radius 1 is 1.17 bits per heavy atom. The molecule has 3 heterocycles. The summed E-state index contributed by atoms with van der Waals surface area (Å²) in [4.78, 5) is 31.3. The number of likely N-dealkylation sites (tertiary alicyclic amines) is 1. The summed E-state index contributed by atoms with van der Waals surface area (Å²) in [5.74, 6) is -0.329. The predicted molar refractivity (Wildman–Crippen MR) is 113 cm³/mol. The molecule has 2 N–H and O–H groups in total. The summed E-state index contributed by atoms with van der Waals surface area (Å²) >= 11 is 0. The molecule has 0 spiro atoms. The molecule has 2 aromatic heterocycles. The number of hydrogen-bond acceptors (Lipinski definition) is 4. The highest BCUT2D eigenvalue weighted by Gasteiger charge is 2.29. The molecule has 0 radical (unpaired) electrons. The summed E-state index contributed by atoms with van der Waals surface area (Å²) in [7, 11) is 0. The number of piperidine rings is 1. The van der Waals surface area contributed by atoms with E-state index in [1.807, 2.05) is 43.3 Å². The number of hydrogen-bond donors (Lipinski definition) is 2. The van der Waals surface area contributed by atoms with Gasteiger partial charge in [0.1, 0.15) is 5.69 Å². The Morgan fingerprint density at radius 2 is 1.93 bits per heavy atom. The minimum atomic E-state index is -0.198. The third-order valence-electron chi connectivity index (χ3n) is 5.45. The Morgan fingerprint density at radius 3 is 2.70 bits per heavy atom. The molecule has 2 amide bonds. The summed E-state index contributed by atoms with van der Waals surface area (Å²) in [5.41, 5.74) is 4.29. The Bertz CT molecular complexity index is 1010. The van der Waals surface area contributed by atoms with Crippen LogP contribution in [0.1, 0.15) is 34.5 Å². The molecular weight excluding hydrogens is 378 g/mol. The number of rotatable bonds is 5. The Hall–Kier alpha value is -3.48. The van der Waals surface area contributed by atoms with Crippen LogP contribution in [0.4, 0.5) is 0 Å². The van der Waals surface area contributed by atoms with Gasteiger partial charge in [-0.2, -0.15) is 5.10 Å². The van der Waals surface area contributed by atoms with Crippen molar-refractivity contribution in [3.63, 3.8) is 0 Å². The quantitative estimate of drug-likeness (QED) is 0.685. The van der Waals surface area contributed by atoms with E-state index >= 15 is 0 Å². The average molecular weight is 403 g/mol. The van der Waals surface area contributed by atoms with Crippen LogP contribution >= 0.6 is 0 Å². The monoisotopic (exact) mass is 403 g/mol. The van der Waals surface area contributed by atoms with Crippen molar-refractivity contribution in [3.05, 3.63) is 71.7 Å². The van der Waals surface area contributed by atoms with Gasteiger partial charge in [-0.1, -0.05) is 29.8 Å². The molecule has 1 fully saturated rings. The zero-order valence-electron chi connectivity index (χ0n) is 17.0. The molecule has 1 aliphatic rings. The number of nitrogens with one attached hydrogen (secondary N) is 2. The van der Waals surface area contributed by atoms with Crippen LogP contribution in [0.5, 0.6) is 0 Å². The number of aromatic nitrogens is 3. The highest BCUT2D eigenvalue weighted by molar-refractivity contribution is 5.94. The first-order chi connectivity index (χ1) is 14.6. The normalized spacial score (nSPS) is 16.3. The first kappa shape index (κ1) is 19.8. The number of carbonyl (C=O) groups is 2. The van der Waals surface area contributed by atoms with Crippen molar-refractivity contribution in [2.24, 2.45) is 5.92 Å². The maximum Gasteiger partial charge on any atom is 0.271 e. The molecular formula is C23H25N5O2. The molecule has 1 aromatic carbocycles. The molecule has 1 unspecified atom stereocenters. The van der Waals surface area contributed by atoms with E-state index in [1.165, 1.54) is 5.56 Å². The van der Waals surface area contributed by atoms with Crippen LogP contribution in [0.3, 0.4) is 0 Å². The number of benzene rings is 1.